The normalized spacial score (nSPS) is 11.4. The van der Waals surface area contributed by atoms with Crippen molar-refractivity contribution in [1.82, 2.24) is 15.0 Å². The highest BCUT2D eigenvalue weighted by atomic mass is 35.5. The molecule has 0 bridgehead atoms. The molecule has 7 nitrogen and oxygen atoms in total. The maximum atomic E-state index is 13.2. The first-order chi connectivity index (χ1) is 18.3. The van der Waals surface area contributed by atoms with E-state index in [1.54, 1.807) is 25.6 Å². The average molecular weight is 549 g/mol. The minimum atomic E-state index is -4.00. The van der Waals surface area contributed by atoms with Gasteiger partial charge in [0, 0.05) is 18.0 Å². The highest BCUT2D eigenvalue weighted by Gasteiger charge is 2.17. The van der Waals surface area contributed by atoms with E-state index in [1.165, 1.54) is 17.7 Å². The quantitative estimate of drug-likeness (QED) is 0.236. The first-order valence-electron chi connectivity index (χ1n) is 11.6. The van der Waals surface area contributed by atoms with Gasteiger partial charge in [0.15, 0.2) is 5.15 Å². The highest BCUT2D eigenvalue weighted by Crippen LogP contribution is 2.30. The lowest BCUT2D eigenvalue weighted by Gasteiger charge is -2.11. The Kier molecular flexibility index (Phi) is 7.22. The zero-order valence-corrected chi connectivity index (χ0v) is 21.8. The molecule has 0 radical (unpaired) electrons. The minimum absolute atomic E-state index is 0.0131. The number of ether oxygens (including phenoxy) is 1. The number of nitrogens with zero attached hydrogens (tertiary/aromatic N) is 3. The summed E-state index contributed by atoms with van der Waals surface area (Å²) in [4.78, 5) is 13.4. The maximum absolute atomic E-state index is 13.2. The van der Waals surface area contributed by atoms with Crippen molar-refractivity contribution < 1.29 is 17.5 Å². The van der Waals surface area contributed by atoms with Crippen molar-refractivity contribution in [3.05, 3.63) is 107 Å². The van der Waals surface area contributed by atoms with Crippen molar-refractivity contribution in [3.8, 4) is 16.9 Å². The van der Waals surface area contributed by atoms with Crippen LogP contribution in [0.1, 0.15) is 11.3 Å². The molecule has 2 heterocycles. The van der Waals surface area contributed by atoms with Crippen LogP contribution in [0.25, 0.3) is 22.2 Å². The Morgan fingerprint density at radius 1 is 0.868 bits per heavy atom. The van der Waals surface area contributed by atoms with Crippen LogP contribution in [0.3, 0.4) is 0 Å². The zero-order chi connectivity index (χ0) is 26.7. The number of aromatic nitrogens is 3. The minimum Gasteiger partial charge on any atom is -0.497 e. The molecule has 0 aliphatic rings. The average Bonchev–Trinajstić information content (AvgIpc) is 2.93. The van der Waals surface area contributed by atoms with Gasteiger partial charge in [0.05, 0.1) is 34.4 Å². The standard InChI is InChI=1S/C28H22ClFN4O3S/c1-37-23-9-3-18(4-10-23)2-8-22-17-31-25-13-5-19(14-26(25)33-22)20-15-27(28(29)32-16-20)34-38(35,36)24-11-6-21(30)7-12-24/h3-7,9-17,34H,2,8H2,1H3. The van der Waals surface area contributed by atoms with Crippen LogP contribution >= 0.6 is 11.6 Å². The van der Waals surface area contributed by atoms with Crippen molar-refractivity contribution >= 4 is 38.3 Å². The van der Waals surface area contributed by atoms with Gasteiger partial charge < -0.3 is 4.74 Å². The number of benzene rings is 3. The molecule has 0 amide bonds. The summed E-state index contributed by atoms with van der Waals surface area (Å²) in [6, 6.07) is 19.6. The molecule has 2 aromatic heterocycles. The van der Waals surface area contributed by atoms with Crippen molar-refractivity contribution in [1.29, 1.82) is 0 Å². The summed E-state index contributed by atoms with van der Waals surface area (Å²) in [5.74, 6) is 0.281. The molecule has 192 valence electrons. The van der Waals surface area contributed by atoms with Gasteiger partial charge in [-0.3, -0.25) is 9.71 Å². The predicted molar refractivity (Wildman–Crippen MR) is 145 cm³/mol. The van der Waals surface area contributed by atoms with Gasteiger partial charge in [0.2, 0.25) is 0 Å². The summed E-state index contributed by atoms with van der Waals surface area (Å²) in [5.41, 5.74) is 4.98. The zero-order valence-electron chi connectivity index (χ0n) is 20.2. The number of sulfonamides is 1. The van der Waals surface area contributed by atoms with Crippen molar-refractivity contribution in [2.24, 2.45) is 0 Å². The fourth-order valence-electron chi connectivity index (χ4n) is 3.91. The molecule has 3 aromatic carbocycles. The second kappa shape index (κ2) is 10.7. The van der Waals surface area contributed by atoms with E-state index in [2.05, 4.69) is 14.7 Å². The maximum Gasteiger partial charge on any atom is 0.261 e. The van der Waals surface area contributed by atoms with Crippen molar-refractivity contribution in [3.63, 3.8) is 0 Å². The smallest absolute Gasteiger partial charge is 0.261 e. The molecule has 5 aromatic rings. The first kappa shape index (κ1) is 25.6. The summed E-state index contributed by atoms with van der Waals surface area (Å²) in [5, 5.41) is -0.0131. The fraction of sp³-hybridized carbons (Fsp3) is 0.107. The lowest BCUT2D eigenvalue weighted by atomic mass is 10.1. The van der Waals surface area contributed by atoms with Crippen LogP contribution < -0.4 is 9.46 Å². The van der Waals surface area contributed by atoms with Crippen LogP contribution in [-0.4, -0.2) is 30.5 Å². The van der Waals surface area contributed by atoms with Crippen LogP contribution in [0.15, 0.2) is 90.1 Å². The Labute approximate surface area is 224 Å². The third kappa shape index (κ3) is 5.74. The van der Waals surface area contributed by atoms with E-state index in [1.807, 2.05) is 42.5 Å². The van der Waals surface area contributed by atoms with Gasteiger partial charge in [-0.2, -0.15) is 0 Å². The van der Waals surface area contributed by atoms with E-state index >= 15 is 0 Å². The SMILES string of the molecule is COc1ccc(CCc2cnc3ccc(-c4cnc(Cl)c(NS(=O)(=O)c5ccc(F)cc5)c4)cc3n2)cc1. The summed E-state index contributed by atoms with van der Waals surface area (Å²) >= 11 is 6.19. The van der Waals surface area contributed by atoms with Gasteiger partial charge in [0.1, 0.15) is 11.6 Å². The Morgan fingerprint density at radius 2 is 1.63 bits per heavy atom. The van der Waals surface area contributed by atoms with Gasteiger partial charge in [-0.15, -0.1) is 0 Å². The van der Waals surface area contributed by atoms with Gasteiger partial charge in [-0.1, -0.05) is 29.8 Å². The number of hydrogen-bond acceptors (Lipinski definition) is 6. The molecule has 0 saturated carbocycles. The van der Waals surface area contributed by atoms with Gasteiger partial charge in [0.25, 0.3) is 10.0 Å². The Bertz CT molecular complexity index is 1710. The van der Waals surface area contributed by atoms with E-state index in [0.29, 0.717) is 11.1 Å². The molecule has 38 heavy (non-hydrogen) atoms. The third-order valence-corrected chi connectivity index (χ3v) is 7.64. The van der Waals surface area contributed by atoms with Crippen molar-refractivity contribution in [2.45, 2.75) is 17.7 Å². The number of methoxy groups -OCH3 is 1. The van der Waals surface area contributed by atoms with Crippen molar-refractivity contribution in [2.75, 3.05) is 11.8 Å². The van der Waals surface area contributed by atoms with E-state index in [-0.39, 0.29) is 15.7 Å². The predicted octanol–water partition coefficient (Wildman–Crippen LogP) is 6.08. The molecule has 5 rings (SSSR count). The molecule has 0 unspecified atom stereocenters. The molecule has 1 N–H and O–H groups in total. The number of fused-ring (bicyclic) bond motifs is 1. The Balaban J connectivity index is 1.38. The fourth-order valence-corrected chi connectivity index (χ4v) is 5.17. The first-order valence-corrected chi connectivity index (χ1v) is 13.5. The van der Waals surface area contributed by atoms with Gasteiger partial charge >= 0.3 is 0 Å². The number of rotatable bonds is 8. The molecule has 0 fully saturated rings. The van der Waals surface area contributed by atoms with Crippen LogP contribution in [0, 0.1) is 5.82 Å². The molecular weight excluding hydrogens is 527 g/mol. The number of halogens is 2. The van der Waals surface area contributed by atoms with Gasteiger partial charge in [-0.25, -0.2) is 22.8 Å². The summed E-state index contributed by atoms with van der Waals surface area (Å²) in [6.45, 7) is 0. The number of anilines is 1. The number of aryl methyl sites for hydroxylation is 2. The number of hydrogen-bond donors (Lipinski definition) is 1. The van der Waals surface area contributed by atoms with E-state index in [0.717, 1.165) is 47.5 Å². The number of nitrogens with one attached hydrogen (secondary N) is 1. The molecule has 0 saturated heterocycles. The topological polar surface area (TPSA) is 94.1 Å². The lowest BCUT2D eigenvalue weighted by Crippen LogP contribution is -2.13. The summed E-state index contributed by atoms with van der Waals surface area (Å²) in [6.07, 6.45) is 4.86. The second-order valence-corrected chi connectivity index (χ2v) is 10.6. The summed E-state index contributed by atoms with van der Waals surface area (Å²) < 4.78 is 46.4. The van der Waals surface area contributed by atoms with E-state index in [9.17, 15) is 12.8 Å². The van der Waals surface area contributed by atoms with Crippen LogP contribution in [-0.2, 0) is 22.9 Å². The number of pyridine rings is 1. The molecular formula is C28H22ClFN4O3S. The lowest BCUT2D eigenvalue weighted by molar-refractivity contribution is 0.414. The van der Waals surface area contributed by atoms with Gasteiger partial charge in [-0.05, 0) is 78.6 Å². The molecule has 10 heteroatoms. The second-order valence-electron chi connectivity index (χ2n) is 8.53. The molecule has 0 aliphatic heterocycles. The van der Waals surface area contributed by atoms with Crippen LogP contribution in [0.4, 0.5) is 10.1 Å². The molecule has 0 atom stereocenters. The third-order valence-electron chi connectivity index (χ3n) is 5.96. The molecule has 0 spiro atoms. The summed E-state index contributed by atoms with van der Waals surface area (Å²) in [7, 11) is -2.36. The van der Waals surface area contributed by atoms with E-state index < -0.39 is 15.8 Å². The Morgan fingerprint density at radius 3 is 2.37 bits per heavy atom. The highest BCUT2D eigenvalue weighted by molar-refractivity contribution is 7.92. The molecule has 0 aliphatic carbocycles. The van der Waals surface area contributed by atoms with Crippen LogP contribution in [0.2, 0.25) is 5.15 Å². The van der Waals surface area contributed by atoms with E-state index in [4.69, 9.17) is 21.3 Å². The monoisotopic (exact) mass is 548 g/mol. The Hall–Kier alpha value is -4.08. The largest absolute Gasteiger partial charge is 0.497 e. The van der Waals surface area contributed by atoms with Crippen LogP contribution in [0.5, 0.6) is 5.75 Å².